The number of esters is 1. The SMILES string of the molecule is CCOC(=O)C1=C(CN[C@H](c2ccccc2)c2ccc(C)cc2)NC(=O)NC1. The van der Waals surface area contributed by atoms with Crippen LogP contribution in [0.1, 0.15) is 29.7 Å². The lowest BCUT2D eigenvalue weighted by Gasteiger charge is -2.25. The fraction of sp³-hybridized carbons (Fsp3) is 0.273. The molecule has 146 valence electrons. The van der Waals surface area contributed by atoms with Crippen molar-refractivity contribution in [3.8, 4) is 0 Å². The van der Waals surface area contributed by atoms with Crippen molar-refractivity contribution in [1.82, 2.24) is 16.0 Å². The fourth-order valence-corrected chi connectivity index (χ4v) is 3.13. The smallest absolute Gasteiger partial charge is 0.337 e. The van der Waals surface area contributed by atoms with Crippen LogP contribution in [-0.2, 0) is 9.53 Å². The number of carbonyl (C=O) groups excluding carboxylic acids is 2. The molecule has 6 nitrogen and oxygen atoms in total. The van der Waals surface area contributed by atoms with Crippen molar-refractivity contribution < 1.29 is 14.3 Å². The third-order valence-electron chi connectivity index (χ3n) is 4.60. The first-order chi connectivity index (χ1) is 13.6. The van der Waals surface area contributed by atoms with Gasteiger partial charge in [-0.3, -0.25) is 0 Å². The summed E-state index contributed by atoms with van der Waals surface area (Å²) in [6, 6.07) is 18.0. The number of benzene rings is 2. The van der Waals surface area contributed by atoms with Crippen LogP contribution in [0.3, 0.4) is 0 Å². The van der Waals surface area contributed by atoms with Gasteiger partial charge in [0.2, 0.25) is 0 Å². The summed E-state index contributed by atoms with van der Waals surface area (Å²) in [7, 11) is 0. The van der Waals surface area contributed by atoms with E-state index in [0.717, 1.165) is 11.1 Å². The Morgan fingerprint density at radius 3 is 2.46 bits per heavy atom. The molecule has 1 heterocycles. The molecular weight excluding hydrogens is 354 g/mol. The minimum Gasteiger partial charge on any atom is -0.463 e. The molecule has 1 atom stereocenters. The molecule has 1 aliphatic rings. The number of amides is 2. The van der Waals surface area contributed by atoms with Crippen LogP contribution in [0.4, 0.5) is 4.79 Å². The summed E-state index contributed by atoms with van der Waals surface area (Å²) in [4.78, 5) is 24.0. The van der Waals surface area contributed by atoms with E-state index in [1.807, 2.05) is 18.2 Å². The van der Waals surface area contributed by atoms with Gasteiger partial charge in [0.15, 0.2) is 0 Å². The van der Waals surface area contributed by atoms with Gasteiger partial charge in [0.1, 0.15) is 0 Å². The van der Waals surface area contributed by atoms with Gasteiger partial charge in [-0.05, 0) is 25.0 Å². The molecule has 0 aliphatic carbocycles. The quantitative estimate of drug-likeness (QED) is 0.647. The topological polar surface area (TPSA) is 79.5 Å². The lowest BCUT2D eigenvalue weighted by molar-refractivity contribution is -0.138. The van der Waals surface area contributed by atoms with Crippen molar-refractivity contribution in [3.63, 3.8) is 0 Å². The molecule has 2 amide bonds. The van der Waals surface area contributed by atoms with E-state index in [2.05, 4.69) is 59.3 Å². The molecule has 0 aromatic heterocycles. The zero-order chi connectivity index (χ0) is 19.9. The van der Waals surface area contributed by atoms with Crippen LogP contribution in [0.5, 0.6) is 0 Å². The van der Waals surface area contributed by atoms with Gasteiger partial charge in [0.05, 0.1) is 24.8 Å². The number of nitrogens with one attached hydrogen (secondary N) is 3. The van der Waals surface area contributed by atoms with E-state index in [0.29, 0.717) is 17.8 Å². The number of ether oxygens (including phenoxy) is 1. The summed E-state index contributed by atoms with van der Waals surface area (Å²) in [5.41, 5.74) is 4.37. The molecule has 28 heavy (non-hydrogen) atoms. The zero-order valence-corrected chi connectivity index (χ0v) is 16.1. The van der Waals surface area contributed by atoms with Gasteiger partial charge in [-0.15, -0.1) is 0 Å². The molecule has 0 saturated carbocycles. The van der Waals surface area contributed by atoms with Crippen molar-refractivity contribution in [2.75, 3.05) is 19.7 Å². The highest BCUT2D eigenvalue weighted by Gasteiger charge is 2.24. The molecule has 0 fully saturated rings. The first-order valence-corrected chi connectivity index (χ1v) is 9.37. The highest BCUT2D eigenvalue weighted by molar-refractivity contribution is 5.93. The summed E-state index contributed by atoms with van der Waals surface area (Å²) in [5.74, 6) is -0.418. The van der Waals surface area contributed by atoms with Crippen molar-refractivity contribution in [2.24, 2.45) is 0 Å². The highest BCUT2D eigenvalue weighted by atomic mass is 16.5. The Morgan fingerprint density at radius 2 is 1.79 bits per heavy atom. The second-order valence-electron chi connectivity index (χ2n) is 6.62. The van der Waals surface area contributed by atoms with E-state index in [4.69, 9.17) is 4.74 Å². The minimum absolute atomic E-state index is 0.0791. The van der Waals surface area contributed by atoms with E-state index >= 15 is 0 Å². The number of carbonyl (C=O) groups is 2. The molecule has 3 rings (SSSR count). The number of aryl methyl sites for hydroxylation is 1. The molecule has 1 aliphatic heterocycles. The van der Waals surface area contributed by atoms with Crippen LogP contribution < -0.4 is 16.0 Å². The third kappa shape index (κ3) is 4.78. The molecule has 0 unspecified atom stereocenters. The zero-order valence-electron chi connectivity index (χ0n) is 16.1. The average Bonchev–Trinajstić information content (AvgIpc) is 2.70. The molecule has 2 aromatic rings. The number of hydrogen-bond donors (Lipinski definition) is 3. The second kappa shape index (κ2) is 9.19. The van der Waals surface area contributed by atoms with Crippen LogP contribution >= 0.6 is 0 Å². The second-order valence-corrected chi connectivity index (χ2v) is 6.62. The van der Waals surface area contributed by atoms with Gasteiger partial charge < -0.3 is 20.7 Å². The van der Waals surface area contributed by atoms with E-state index in [-0.39, 0.29) is 25.2 Å². The van der Waals surface area contributed by atoms with Crippen molar-refractivity contribution in [2.45, 2.75) is 19.9 Å². The number of rotatable bonds is 7. The molecule has 6 heteroatoms. The van der Waals surface area contributed by atoms with Crippen LogP contribution in [0.15, 0.2) is 65.9 Å². The molecule has 0 saturated heterocycles. The Kier molecular flexibility index (Phi) is 6.45. The Bertz CT molecular complexity index is 860. The Labute approximate surface area is 165 Å². The third-order valence-corrected chi connectivity index (χ3v) is 4.60. The predicted octanol–water partition coefficient (Wildman–Crippen LogP) is 2.80. The van der Waals surface area contributed by atoms with Gasteiger partial charge >= 0.3 is 12.0 Å². The average molecular weight is 379 g/mol. The predicted molar refractivity (Wildman–Crippen MR) is 108 cm³/mol. The standard InChI is InChI=1S/C22H25N3O3/c1-3-28-21(26)18-13-24-22(27)25-19(18)14-23-20(16-7-5-4-6-8-16)17-11-9-15(2)10-12-17/h4-12,20,23H,3,13-14H2,1-2H3,(H2,24,25,27)/t20-/m1/s1. The summed E-state index contributed by atoms with van der Waals surface area (Å²) >= 11 is 0. The summed E-state index contributed by atoms with van der Waals surface area (Å²) in [6.45, 7) is 4.58. The first kappa shape index (κ1) is 19.6. The Morgan fingerprint density at radius 1 is 1.11 bits per heavy atom. The van der Waals surface area contributed by atoms with Crippen LogP contribution in [-0.4, -0.2) is 31.7 Å². The normalized spacial score (nSPS) is 14.9. The van der Waals surface area contributed by atoms with E-state index < -0.39 is 5.97 Å². The fourth-order valence-electron chi connectivity index (χ4n) is 3.13. The first-order valence-electron chi connectivity index (χ1n) is 9.37. The summed E-state index contributed by atoms with van der Waals surface area (Å²) in [5, 5.41) is 8.84. The minimum atomic E-state index is -0.418. The maximum atomic E-state index is 12.2. The van der Waals surface area contributed by atoms with Gasteiger partial charge in [-0.1, -0.05) is 60.2 Å². The maximum absolute atomic E-state index is 12.2. The van der Waals surface area contributed by atoms with Crippen molar-refractivity contribution >= 4 is 12.0 Å². The van der Waals surface area contributed by atoms with Crippen LogP contribution in [0.25, 0.3) is 0 Å². The van der Waals surface area contributed by atoms with E-state index in [1.165, 1.54) is 5.56 Å². The molecule has 2 aromatic carbocycles. The lowest BCUT2D eigenvalue weighted by Crippen LogP contribution is -2.46. The van der Waals surface area contributed by atoms with Gasteiger partial charge in [0.25, 0.3) is 0 Å². The summed E-state index contributed by atoms with van der Waals surface area (Å²) < 4.78 is 5.12. The van der Waals surface area contributed by atoms with Gasteiger partial charge in [-0.2, -0.15) is 0 Å². The molecule has 0 spiro atoms. The Hall–Kier alpha value is -3.12. The van der Waals surface area contributed by atoms with Gasteiger partial charge in [-0.25, -0.2) is 9.59 Å². The van der Waals surface area contributed by atoms with Gasteiger partial charge in [0, 0.05) is 12.2 Å². The molecule has 3 N–H and O–H groups in total. The monoisotopic (exact) mass is 379 g/mol. The highest BCUT2D eigenvalue weighted by Crippen LogP contribution is 2.23. The van der Waals surface area contributed by atoms with Crippen LogP contribution in [0.2, 0.25) is 0 Å². The number of hydrogen-bond acceptors (Lipinski definition) is 4. The van der Waals surface area contributed by atoms with Crippen molar-refractivity contribution in [3.05, 3.63) is 82.6 Å². The summed E-state index contributed by atoms with van der Waals surface area (Å²) in [6.07, 6.45) is 0. The molecule has 0 bridgehead atoms. The lowest BCUT2D eigenvalue weighted by atomic mass is 9.97. The largest absolute Gasteiger partial charge is 0.463 e. The van der Waals surface area contributed by atoms with E-state index in [9.17, 15) is 9.59 Å². The molecule has 0 radical (unpaired) electrons. The van der Waals surface area contributed by atoms with Crippen molar-refractivity contribution in [1.29, 1.82) is 0 Å². The molecular formula is C22H25N3O3. The maximum Gasteiger partial charge on any atom is 0.337 e. The van der Waals surface area contributed by atoms with Crippen LogP contribution in [0, 0.1) is 6.92 Å². The number of urea groups is 1. The Balaban J connectivity index is 1.86. The van der Waals surface area contributed by atoms with E-state index in [1.54, 1.807) is 6.92 Å².